The van der Waals surface area contributed by atoms with Crippen molar-refractivity contribution in [1.82, 2.24) is 9.97 Å². The van der Waals surface area contributed by atoms with E-state index in [4.69, 9.17) is 11.6 Å². The standard InChI is InChI=1S/C22H26ClN5/c1-3-28(4-2)20-10-8-19(9-11-20)26-21-13-15-25-22(27-21)24-14-12-17-6-5-7-18(23)16-17/h5-11,13,15-16H,3-4,12,14H2,1-2H3,(H2,24,25,26,27). The van der Waals surface area contributed by atoms with Crippen LogP contribution in [0, 0.1) is 0 Å². The van der Waals surface area contributed by atoms with Crippen molar-refractivity contribution in [2.75, 3.05) is 35.2 Å². The summed E-state index contributed by atoms with van der Waals surface area (Å²) in [6.45, 7) is 7.07. The lowest BCUT2D eigenvalue weighted by atomic mass is 10.1. The van der Waals surface area contributed by atoms with Crippen molar-refractivity contribution in [2.45, 2.75) is 20.3 Å². The maximum atomic E-state index is 6.03. The summed E-state index contributed by atoms with van der Waals surface area (Å²) in [7, 11) is 0. The van der Waals surface area contributed by atoms with Crippen LogP contribution in [0.3, 0.4) is 0 Å². The molecule has 146 valence electrons. The largest absolute Gasteiger partial charge is 0.372 e. The van der Waals surface area contributed by atoms with Crippen molar-refractivity contribution in [1.29, 1.82) is 0 Å². The molecule has 0 unspecified atom stereocenters. The van der Waals surface area contributed by atoms with Gasteiger partial charge >= 0.3 is 0 Å². The van der Waals surface area contributed by atoms with Crippen LogP contribution in [0.1, 0.15) is 19.4 Å². The van der Waals surface area contributed by atoms with Gasteiger partial charge < -0.3 is 15.5 Å². The van der Waals surface area contributed by atoms with Crippen LogP contribution in [-0.2, 0) is 6.42 Å². The number of nitrogens with zero attached hydrogens (tertiary/aromatic N) is 3. The van der Waals surface area contributed by atoms with E-state index in [0.29, 0.717) is 5.95 Å². The summed E-state index contributed by atoms with van der Waals surface area (Å²) in [5.41, 5.74) is 3.41. The van der Waals surface area contributed by atoms with Crippen molar-refractivity contribution in [3.8, 4) is 0 Å². The summed E-state index contributed by atoms with van der Waals surface area (Å²) < 4.78 is 0. The summed E-state index contributed by atoms with van der Waals surface area (Å²) in [5.74, 6) is 1.36. The fraction of sp³-hybridized carbons (Fsp3) is 0.273. The van der Waals surface area contributed by atoms with E-state index in [1.54, 1.807) is 6.20 Å². The Kier molecular flexibility index (Phi) is 7.09. The van der Waals surface area contributed by atoms with E-state index in [1.165, 1.54) is 11.3 Å². The molecular formula is C22H26ClN5. The number of hydrogen-bond acceptors (Lipinski definition) is 5. The molecule has 0 fully saturated rings. The second-order valence-corrected chi connectivity index (χ2v) is 6.85. The van der Waals surface area contributed by atoms with Gasteiger partial charge in [-0.05, 0) is 68.3 Å². The molecule has 2 N–H and O–H groups in total. The lowest BCUT2D eigenvalue weighted by Crippen LogP contribution is -2.21. The lowest BCUT2D eigenvalue weighted by Gasteiger charge is -2.21. The van der Waals surface area contributed by atoms with Crippen LogP contribution in [-0.4, -0.2) is 29.6 Å². The molecule has 2 aromatic carbocycles. The summed E-state index contributed by atoms with van der Waals surface area (Å²) in [5, 5.41) is 7.36. The third kappa shape index (κ3) is 5.60. The highest BCUT2D eigenvalue weighted by Crippen LogP contribution is 2.20. The van der Waals surface area contributed by atoms with Crippen LogP contribution in [0.2, 0.25) is 5.02 Å². The van der Waals surface area contributed by atoms with Gasteiger partial charge in [-0.25, -0.2) is 4.98 Å². The van der Waals surface area contributed by atoms with Crippen LogP contribution in [0.5, 0.6) is 0 Å². The third-order valence-corrected chi connectivity index (χ3v) is 4.74. The van der Waals surface area contributed by atoms with Gasteiger partial charge in [0.2, 0.25) is 5.95 Å². The van der Waals surface area contributed by atoms with Crippen molar-refractivity contribution >= 4 is 34.7 Å². The molecule has 1 aromatic heterocycles. The molecule has 0 atom stereocenters. The number of rotatable bonds is 9. The van der Waals surface area contributed by atoms with Gasteiger partial charge in [-0.3, -0.25) is 0 Å². The fourth-order valence-corrected chi connectivity index (χ4v) is 3.23. The summed E-state index contributed by atoms with van der Waals surface area (Å²) in [6.07, 6.45) is 2.61. The quantitative estimate of drug-likeness (QED) is 0.509. The Morgan fingerprint density at radius 3 is 2.50 bits per heavy atom. The molecule has 0 saturated carbocycles. The van der Waals surface area contributed by atoms with Crippen LogP contribution in [0.25, 0.3) is 0 Å². The van der Waals surface area contributed by atoms with E-state index in [1.807, 2.05) is 24.3 Å². The Balaban J connectivity index is 1.57. The minimum Gasteiger partial charge on any atom is -0.372 e. The van der Waals surface area contributed by atoms with E-state index in [-0.39, 0.29) is 0 Å². The smallest absolute Gasteiger partial charge is 0.224 e. The number of benzene rings is 2. The van der Waals surface area contributed by atoms with Crippen molar-refractivity contribution in [3.63, 3.8) is 0 Å². The topological polar surface area (TPSA) is 53.1 Å². The van der Waals surface area contributed by atoms with Crippen molar-refractivity contribution in [2.24, 2.45) is 0 Å². The predicted molar refractivity (Wildman–Crippen MR) is 119 cm³/mol. The van der Waals surface area contributed by atoms with Crippen LogP contribution < -0.4 is 15.5 Å². The Labute approximate surface area is 171 Å². The normalized spacial score (nSPS) is 10.5. The molecule has 0 amide bonds. The average Bonchev–Trinajstić information content (AvgIpc) is 2.71. The van der Waals surface area contributed by atoms with E-state index in [2.05, 4.69) is 69.7 Å². The van der Waals surface area contributed by atoms with E-state index >= 15 is 0 Å². The van der Waals surface area contributed by atoms with Gasteiger partial charge in [0.05, 0.1) is 0 Å². The highest BCUT2D eigenvalue weighted by atomic mass is 35.5. The van der Waals surface area contributed by atoms with E-state index in [0.717, 1.165) is 42.6 Å². The van der Waals surface area contributed by atoms with Crippen molar-refractivity contribution in [3.05, 3.63) is 71.4 Å². The van der Waals surface area contributed by atoms with Gasteiger partial charge in [-0.2, -0.15) is 4.98 Å². The van der Waals surface area contributed by atoms with Crippen LogP contribution in [0.15, 0.2) is 60.8 Å². The summed E-state index contributed by atoms with van der Waals surface area (Å²) >= 11 is 6.03. The second kappa shape index (κ2) is 9.95. The zero-order valence-corrected chi connectivity index (χ0v) is 17.1. The highest BCUT2D eigenvalue weighted by Gasteiger charge is 2.03. The van der Waals surface area contributed by atoms with Gasteiger partial charge in [0.15, 0.2) is 0 Å². The van der Waals surface area contributed by atoms with Gasteiger partial charge in [0, 0.05) is 42.2 Å². The molecule has 3 aromatic rings. The van der Waals surface area contributed by atoms with Gasteiger partial charge in [-0.15, -0.1) is 0 Å². The zero-order valence-electron chi connectivity index (χ0n) is 16.3. The molecule has 0 aliphatic carbocycles. The van der Waals surface area contributed by atoms with Gasteiger partial charge in [0.25, 0.3) is 0 Å². The second-order valence-electron chi connectivity index (χ2n) is 6.42. The molecule has 0 bridgehead atoms. The lowest BCUT2D eigenvalue weighted by molar-refractivity contribution is 0.866. The first kappa shape index (κ1) is 20.0. The number of nitrogens with one attached hydrogen (secondary N) is 2. The van der Waals surface area contributed by atoms with Crippen molar-refractivity contribution < 1.29 is 0 Å². The molecular weight excluding hydrogens is 370 g/mol. The SMILES string of the molecule is CCN(CC)c1ccc(Nc2ccnc(NCCc3cccc(Cl)c3)n2)cc1. The highest BCUT2D eigenvalue weighted by molar-refractivity contribution is 6.30. The number of aromatic nitrogens is 2. The maximum Gasteiger partial charge on any atom is 0.224 e. The first-order valence-corrected chi connectivity index (χ1v) is 9.99. The molecule has 28 heavy (non-hydrogen) atoms. The molecule has 0 aliphatic heterocycles. The number of anilines is 4. The maximum absolute atomic E-state index is 6.03. The molecule has 0 spiro atoms. The molecule has 3 rings (SSSR count). The minimum absolute atomic E-state index is 0.604. The molecule has 5 nitrogen and oxygen atoms in total. The van der Waals surface area contributed by atoms with E-state index < -0.39 is 0 Å². The third-order valence-electron chi connectivity index (χ3n) is 4.51. The van der Waals surface area contributed by atoms with Gasteiger partial charge in [0.1, 0.15) is 5.82 Å². The Morgan fingerprint density at radius 2 is 1.79 bits per heavy atom. The molecule has 1 heterocycles. The zero-order chi connectivity index (χ0) is 19.8. The molecule has 0 aliphatic rings. The number of halogens is 1. The summed E-state index contributed by atoms with van der Waals surface area (Å²) in [6, 6.07) is 18.1. The minimum atomic E-state index is 0.604. The van der Waals surface area contributed by atoms with Crippen LogP contribution in [0.4, 0.5) is 23.1 Å². The van der Waals surface area contributed by atoms with E-state index in [9.17, 15) is 0 Å². The predicted octanol–water partition coefficient (Wildman–Crippen LogP) is 5.37. The first-order chi connectivity index (χ1) is 13.7. The molecule has 6 heteroatoms. The molecule has 0 radical (unpaired) electrons. The first-order valence-electron chi connectivity index (χ1n) is 9.61. The Hall–Kier alpha value is -2.79. The average molecular weight is 396 g/mol. The number of hydrogen-bond donors (Lipinski definition) is 2. The van der Waals surface area contributed by atoms with Crippen LogP contribution >= 0.6 is 11.6 Å². The molecule has 0 saturated heterocycles. The van der Waals surface area contributed by atoms with Gasteiger partial charge in [-0.1, -0.05) is 23.7 Å². The monoisotopic (exact) mass is 395 g/mol. The Morgan fingerprint density at radius 1 is 1.00 bits per heavy atom. The Bertz CT molecular complexity index is 878. The fourth-order valence-electron chi connectivity index (χ4n) is 3.02. The summed E-state index contributed by atoms with van der Waals surface area (Å²) in [4.78, 5) is 11.1.